The zero-order chi connectivity index (χ0) is 16.8. The molecule has 1 unspecified atom stereocenters. The van der Waals surface area contributed by atoms with Crippen LogP contribution in [-0.4, -0.2) is 30.6 Å². The number of ether oxygens (including phenoxy) is 1. The van der Waals surface area contributed by atoms with Crippen LogP contribution in [0.4, 0.5) is 5.13 Å². The molecule has 1 heterocycles. The highest BCUT2D eigenvalue weighted by molar-refractivity contribution is 7.15. The summed E-state index contributed by atoms with van der Waals surface area (Å²) in [5, 5.41) is 4.57. The lowest BCUT2D eigenvalue weighted by Crippen LogP contribution is -2.28. The lowest BCUT2D eigenvalue weighted by atomic mass is 10.1. The molecule has 0 fully saturated rings. The summed E-state index contributed by atoms with van der Waals surface area (Å²) in [6, 6.07) is 5.34. The molecule has 0 aliphatic carbocycles. The predicted molar refractivity (Wildman–Crippen MR) is 94.5 cm³/mol. The summed E-state index contributed by atoms with van der Waals surface area (Å²) in [5.74, 6) is -0.177. The number of halogens is 2. The second kappa shape index (κ2) is 8.61. The van der Waals surface area contributed by atoms with Crippen molar-refractivity contribution in [2.75, 3.05) is 19.0 Å². The Balaban J connectivity index is 1.98. The van der Waals surface area contributed by atoms with E-state index >= 15 is 0 Å². The maximum atomic E-state index is 11.9. The molecule has 5 nitrogen and oxygen atoms in total. The molecule has 124 valence electrons. The largest absolute Gasteiger partial charge is 0.380 e. The van der Waals surface area contributed by atoms with E-state index in [0.29, 0.717) is 28.1 Å². The van der Waals surface area contributed by atoms with Crippen LogP contribution in [0.5, 0.6) is 0 Å². The second-order valence-corrected chi connectivity index (χ2v) is 6.85. The van der Waals surface area contributed by atoms with Crippen LogP contribution in [0.25, 0.3) is 0 Å². The number of thiazole rings is 1. The summed E-state index contributed by atoms with van der Waals surface area (Å²) in [6.07, 6.45) is 2.23. The highest BCUT2D eigenvalue weighted by Crippen LogP contribution is 2.27. The Hall–Kier alpha value is -1.18. The van der Waals surface area contributed by atoms with Gasteiger partial charge in [-0.25, -0.2) is 4.98 Å². The highest BCUT2D eigenvalue weighted by Gasteiger charge is 2.13. The average molecular weight is 374 g/mol. The van der Waals surface area contributed by atoms with Gasteiger partial charge in [-0.15, -0.1) is 11.3 Å². The molecule has 2 rings (SSSR count). The summed E-state index contributed by atoms with van der Waals surface area (Å²) in [7, 11) is 1.53. The highest BCUT2D eigenvalue weighted by atomic mass is 35.5. The summed E-state index contributed by atoms with van der Waals surface area (Å²) in [5.41, 5.74) is 6.42. The lowest BCUT2D eigenvalue weighted by molar-refractivity contribution is -0.118. The van der Waals surface area contributed by atoms with Gasteiger partial charge in [-0.3, -0.25) is 4.79 Å². The van der Waals surface area contributed by atoms with Crippen molar-refractivity contribution in [1.82, 2.24) is 4.98 Å². The SMILES string of the molecule is COC(CN)CC(=O)Nc1ncc(Cc2cc(Cl)ccc2Cl)s1. The smallest absolute Gasteiger partial charge is 0.228 e. The van der Waals surface area contributed by atoms with E-state index in [-0.39, 0.29) is 18.4 Å². The molecule has 0 aliphatic rings. The van der Waals surface area contributed by atoms with Gasteiger partial charge in [0, 0.05) is 41.2 Å². The maximum Gasteiger partial charge on any atom is 0.228 e. The van der Waals surface area contributed by atoms with Gasteiger partial charge in [0.1, 0.15) is 0 Å². The molecule has 1 aromatic carbocycles. The normalized spacial score (nSPS) is 12.2. The van der Waals surface area contributed by atoms with E-state index in [1.165, 1.54) is 18.4 Å². The van der Waals surface area contributed by atoms with Crippen molar-refractivity contribution in [3.05, 3.63) is 44.9 Å². The minimum absolute atomic E-state index is 0.177. The van der Waals surface area contributed by atoms with Gasteiger partial charge < -0.3 is 15.8 Å². The number of nitrogens with two attached hydrogens (primary N) is 1. The number of hydrogen-bond acceptors (Lipinski definition) is 5. The van der Waals surface area contributed by atoms with Crippen LogP contribution in [-0.2, 0) is 16.0 Å². The molecule has 8 heteroatoms. The summed E-state index contributed by atoms with van der Waals surface area (Å²) >= 11 is 13.5. The number of rotatable bonds is 7. The average Bonchev–Trinajstić information content (AvgIpc) is 2.95. The first-order valence-electron chi connectivity index (χ1n) is 6.93. The quantitative estimate of drug-likeness (QED) is 0.779. The zero-order valence-electron chi connectivity index (χ0n) is 12.5. The van der Waals surface area contributed by atoms with E-state index in [4.69, 9.17) is 33.7 Å². The number of aromatic nitrogens is 1. The molecule has 0 radical (unpaired) electrons. The summed E-state index contributed by atoms with van der Waals surface area (Å²) in [4.78, 5) is 17.1. The Kier molecular flexibility index (Phi) is 6.80. The molecule has 0 saturated heterocycles. The van der Waals surface area contributed by atoms with Gasteiger partial charge in [0.2, 0.25) is 5.91 Å². The minimum Gasteiger partial charge on any atom is -0.380 e. The molecule has 1 atom stereocenters. The predicted octanol–water partition coefficient (Wildman–Crippen LogP) is 3.34. The van der Waals surface area contributed by atoms with Gasteiger partial charge in [-0.05, 0) is 23.8 Å². The van der Waals surface area contributed by atoms with Crippen molar-refractivity contribution in [1.29, 1.82) is 0 Å². The topological polar surface area (TPSA) is 77.2 Å². The first-order valence-corrected chi connectivity index (χ1v) is 8.50. The molecule has 0 spiro atoms. The molecular weight excluding hydrogens is 357 g/mol. The van der Waals surface area contributed by atoms with E-state index < -0.39 is 0 Å². The molecule has 23 heavy (non-hydrogen) atoms. The van der Waals surface area contributed by atoms with Crippen molar-refractivity contribution in [2.45, 2.75) is 18.9 Å². The van der Waals surface area contributed by atoms with E-state index in [9.17, 15) is 4.79 Å². The number of hydrogen-bond donors (Lipinski definition) is 2. The Labute approximate surface area is 148 Å². The third kappa shape index (κ3) is 5.44. The van der Waals surface area contributed by atoms with Crippen molar-refractivity contribution < 1.29 is 9.53 Å². The molecule has 1 amide bonds. The molecule has 2 aromatic rings. The molecule has 0 bridgehead atoms. The number of benzene rings is 1. The van der Waals surface area contributed by atoms with Crippen LogP contribution < -0.4 is 11.1 Å². The Morgan fingerprint density at radius 2 is 2.26 bits per heavy atom. The Morgan fingerprint density at radius 3 is 2.96 bits per heavy atom. The fourth-order valence-electron chi connectivity index (χ4n) is 1.95. The fourth-order valence-corrected chi connectivity index (χ4v) is 3.18. The number of carbonyl (C=O) groups excluding carboxylic acids is 1. The van der Waals surface area contributed by atoms with Crippen molar-refractivity contribution in [3.63, 3.8) is 0 Å². The Bertz CT molecular complexity index is 674. The number of methoxy groups -OCH3 is 1. The summed E-state index contributed by atoms with van der Waals surface area (Å²) < 4.78 is 5.09. The number of nitrogens with one attached hydrogen (secondary N) is 1. The molecule has 0 aliphatic heterocycles. The van der Waals surface area contributed by atoms with Gasteiger partial charge in [-0.2, -0.15) is 0 Å². The van der Waals surface area contributed by atoms with Crippen LogP contribution in [0, 0.1) is 0 Å². The van der Waals surface area contributed by atoms with Gasteiger partial charge in [0.05, 0.1) is 12.5 Å². The second-order valence-electron chi connectivity index (χ2n) is 4.89. The fraction of sp³-hybridized carbons (Fsp3) is 0.333. The van der Waals surface area contributed by atoms with Gasteiger partial charge in [-0.1, -0.05) is 23.2 Å². The van der Waals surface area contributed by atoms with E-state index in [2.05, 4.69) is 10.3 Å². The zero-order valence-corrected chi connectivity index (χ0v) is 14.8. The summed E-state index contributed by atoms with van der Waals surface area (Å²) in [6.45, 7) is 0.292. The molecule has 0 saturated carbocycles. The van der Waals surface area contributed by atoms with Crippen molar-refractivity contribution in [3.8, 4) is 0 Å². The first kappa shape index (κ1) is 18.2. The first-order chi connectivity index (χ1) is 11.0. The van der Waals surface area contributed by atoms with Crippen LogP contribution in [0.15, 0.2) is 24.4 Å². The molecular formula is C15H17Cl2N3O2S. The van der Waals surface area contributed by atoms with Crippen LogP contribution >= 0.6 is 34.5 Å². The van der Waals surface area contributed by atoms with Crippen LogP contribution in [0.1, 0.15) is 16.9 Å². The third-order valence-electron chi connectivity index (χ3n) is 3.18. The van der Waals surface area contributed by atoms with Crippen molar-refractivity contribution >= 4 is 45.6 Å². The van der Waals surface area contributed by atoms with Gasteiger partial charge in [0.25, 0.3) is 0 Å². The van der Waals surface area contributed by atoms with E-state index in [1.54, 1.807) is 18.3 Å². The molecule has 1 aromatic heterocycles. The minimum atomic E-state index is -0.292. The van der Waals surface area contributed by atoms with Crippen molar-refractivity contribution in [2.24, 2.45) is 5.73 Å². The van der Waals surface area contributed by atoms with Gasteiger partial charge in [0.15, 0.2) is 5.13 Å². The van der Waals surface area contributed by atoms with E-state index in [0.717, 1.165) is 10.4 Å². The Morgan fingerprint density at radius 1 is 1.48 bits per heavy atom. The monoisotopic (exact) mass is 373 g/mol. The number of anilines is 1. The van der Waals surface area contributed by atoms with Gasteiger partial charge >= 0.3 is 0 Å². The van der Waals surface area contributed by atoms with Crippen LogP contribution in [0.2, 0.25) is 10.0 Å². The maximum absolute atomic E-state index is 11.9. The number of nitrogens with zero attached hydrogens (tertiary/aromatic N) is 1. The third-order valence-corrected chi connectivity index (χ3v) is 4.70. The lowest BCUT2D eigenvalue weighted by Gasteiger charge is -2.11. The van der Waals surface area contributed by atoms with Crippen LogP contribution in [0.3, 0.4) is 0 Å². The molecule has 3 N–H and O–H groups in total. The van der Waals surface area contributed by atoms with E-state index in [1.807, 2.05) is 6.07 Å². The standard InChI is InChI=1S/C15H17Cl2N3O2S/c1-22-11(7-18)6-14(21)20-15-19-8-12(23-15)5-9-4-10(16)2-3-13(9)17/h2-4,8,11H,5-7,18H2,1H3,(H,19,20,21). The number of amides is 1. The number of carbonyl (C=O) groups is 1.